The van der Waals surface area contributed by atoms with Crippen LogP contribution < -0.4 is 11.1 Å². The highest BCUT2D eigenvalue weighted by molar-refractivity contribution is 5.71. The standard InChI is InChI=1S/C38H59N3O3/c1-4-5-11-30-12-13-32-35(30,2)18-15-33-36(3)19-14-31(24-37(36,43)20-21-38(32,33)39)44-34(42)26-40-25-28-16-22-41(23-17-28)27-29-9-7-6-8-10-29/h4-10,28,30-33,40,43H,11-27,39H2,1-3H3/b5-4+/t30?,31?,32?,33?,35?,36?,37-,38+/m1/s1. The van der Waals surface area contributed by atoms with Gasteiger partial charge in [0.2, 0.25) is 0 Å². The fraction of sp³-hybridized carbons (Fsp3) is 0.763. The molecule has 0 radical (unpaired) electrons. The second-order valence-electron chi connectivity index (χ2n) is 16.0. The summed E-state index contributed by atoms with van der Waals surface area (Å²) in [5, 5.41) is 15.6. The van der Waals surface area contributed by atoms with Crippen LogP contribution in [-0.4, -0.2) is 59.4 Å². The van der Waals surface area contributed by atoms with E-state index in [2.05, 4.69) is 73.5 Å². The third kappa shape index (κ3) is 5.94. The van der Waals surface area contributed by atoms with Gasteiger partial charge in [0.1, 0.15) is 6.10 Å². The number of benzene rings is 1. The summed E-state index contributed by atoms with van der Waals surface area (Å²) >= 11 is 0. The van der Waals surface area contributed by atoms with Crippen molar-refractivity contribution in [2.75, 3.05) is 26.2 Å². The summed E-state index contributed by atoms with van der Waals surface area (Å²) in [6.45, 7) is 11.3. The summed E-state index contributed by atoms with van der Waals surface area (Å²) in [6.07, 6.45) is 16.5. The SMILES string of the molecule is C/C=C/CC1CCC2C1(C)CCC1C3(C)CCC(OC(=O)CNCC4CCN(Cc5ccccc5)CC4)C[C@]3(O)CC[C@]21N. The van der Waals surface area contributed by atoms with Crippen LogP contribution in [0.2, 0.25) is 0 Å². The van der Waals surface area contributed by atoms with Crippen LogP contribution in [0.5, 0.6) is 0 Å². The lowest BCUT2D eigenvalue weighted by Gasteiger charge is -2.67. The Balaban J connectivity index is 0.974. The summed E-state index contributed by atoms with van der Waals surface area (Å²) < 4.78 is 6.01. The number of fused-ring (bicyclic) bond motifs is 5. The summed E-state index contributed by atoms with van der Waals surface area (Å²) in [5.74, 6) is 1.99. The third-order valence-corrected chi connectivity index (χ3v) is 13.8. The number of ether oxygens (including phenoxy) is 1. The van der Waals surface area contributed by atoms with Gasteiger partial charge in [0.25, 0.3) is 0 Å². The summed E-state index contributed by atoms with van der Waals surface area (Å²) in [5.41, 5.74) is 7.96. The molecule has 6 rings (SSSR count). The number of carbonyl (C=O) groups is 1. The predicted octanol–water partition coefficient (Wildman–Crippen LogP) is 6.22. The topological polar surface area (TPSA) is 87.8 Å². The van der Waals surface area contributed by atoms with Gasteiger partial charge in [-0.3, -0.25) is 9.69 Å². The lowest BCUT2D eigenvalue weighted by Crippen LogP contribution is -2.72. The molecule has 44 heavy (non-hydrogen) atoms. The van der Waals surface area contributed by atoms with Crippen LogP contribution in [-0.2, 0) is 16.1 Å². The number of carbonyl (C=O) groups excluding carboxylic acids is 1. The van der Waals surface area contributed by atoms with Gasteiger partial charge in [0.05, 0.1) is 12.1 Å². The van der Waals surface area contributed by atoms with Crippen molar-refractivity contribution in [1.29, 1.82) is 0 Å². The van der Waals surface area contributed by atoms with Crippen LogP contribution in [0.15, 0.2) is 42.5 Å². The van der Waals surface area contributed by atoms with E-state index in [1.165, 1.54) is 31.2 Å². The van der Waals surface area contributed by atoms with Gasteiger partial charge in [-0.25, -0.2) is 0 Å². The molecular weight excluding hydrogens is 546 g/mol. The molecule has 1 heterocycles. The monoisotopic (exact) mass is 605 g/mol. The number of esters is 1. The molecular formula is C38H59N3O3. The molecule has 4 N–H and O–H groups in total. The van der Waals surface area contributed by atoms with Crippen molar-refractivity contribution in [3.63, 3.8) is 0 Å². The third-order valence-electron chi connectivity index (χ3n) is 13.8. The molecule has 1 aliphatic heterocycles. The summed E-state index contributed by atoms with van der Waals surface area (Å²) in [4.78, 5) is 15.4. The molecule has 6 unspecified atom stereocenters. The molecule has 5 aliphatic rings. The van der Waals surface area contributed by atoms with Crippen LogP contribution >= 0.6 is 0 Å². The first-order chi connectivity index (χ1) is 21.1. The van der Waals surface area contributed by atoms with Crippen molar-refractivity contribution in [2.24, 2.45) is 40.2 Å². The van der Waals surface area contributed by atoms with E-state index in [1.54, 1.807) is 0 Å². The maximum absolute atomic E-state index is 12.9. The number of nitrogens with two attached hydrogens (primary N) is 1. The summed E-state index contributed by atoms with van der Waals surface area (Å²) in [7, 11) is 0. The van der Waals surface area contributed by atoms with Gasteiger partial charge in [0.15, 0.2) is 0 Å². The average Bonchev–Trinajstić information content (AvgIpc) is 3.35. The zero-order valence-electron chi connectivity index (χ0n) is 27.7. The highest BCUT2D eigenvalue weighted by Crippen LogP contribution is 2.69. The second-order valence-corrected chi connectivity index (χ2v) is 16.0. The Morgan fingerprint density at radius 1 is 1.02 bits per heavy atom. The summed E-state index contributed by atoms with van der Waals surface area (Å²) in [6, 6.07) is 10.7. The maximum atomic E-state index is 12.9. The van der Waals surface area contributed by atoms with E-state index >= 15 is 0 Å². The first-order valence-electron chi connectivity index (χ1n) is 17.9. The molecule has 1 aromatic rings. The molecule has 5 fully saturated rings. The van der Waals surface area contributed by atoms with E-state index in [4.69, 9.17) is 10.5 Å². The number of hydrogen-bond donors (Lipinski definition) is 3. The van der Waals surface area contributed by atoms with E-state index in [9.17, 15) is 9.90 Å². The Morgan fingerprint density at radius 3 is 2.55 bits per heavy atom. The first kappa shape index (κ1) is 32.2. The number of likely N-dealkylation sites (tertiary alicyclic amines) is 1. The highest BCUT2D eigenvalue weighted by Gasteiger charge is 2.69. The minimum Gasteiger partial charge on any atom is -0.461 e. The Bertz CT molecular complexity index is 1170. The van der Waals surface area contributed by atoms with Crippen molar-refractivity contribution in [3.8, 4) is 0 Å². The molecule has 0 aromatic heterocycles. The first-order valence-corrected chi connectivity index (χ1v) is 17.9. The fourth-order valence-corrected chi connectivity index (χ4v) is 11.1. The maximum Gasteiger partial charge on any atom is 0.320 e. The fourth-order valence-electron chi connectivity index (χ4n) is 11.1. The van der Waals surface area contributed by atoms with E-state index < -0.39 is 5.60 Å². The molecule has 0 spiro atoms. The number of allylic oxidation sites excluding steroid dienone is 2. The van der Waals surface area contributed by atoms with Crippen molar-refractivity contribution >= 4 is 5.97 Å². The predicted molar refractivity (Wildman–Crippen MR) is 177 cm³/mol. The molecule has 0 amide bonds. The smallest absolute Gasteiger partial charge is 0.320 e. The molecule has 4 aliphatic carbocycles. The zero-order chi connectivity index (χ0) is 31.0. The van der Waals surface area contributed by atoms with E-state index in [0.717, 1.165) is 77.0 Å². The number of piperidine rings is 1. The van der Waals surface area contributed by atoms with E-state index in [-0.39, 0.29) is 29.6 Å². The molecule has 0 bridgehead atoms. The van der Waals surface area contributed by atoms with Crippen LogP contribution in [0.4, 0.5) is 0 Å². The largest absolute Gasteiger partial charge is 0.461 e. The van der Waals surface area contributed by atoms with E-state index in [1.807, 2.05) is 0 Å². The lowest BCUT2D eigenvalue weighted by molar-refractivity contribution is -0.229. The normalized spacial score (nSPS) is 41.2. The Kier molecular flexibility index (Phi) is 9.38. The minimum atomic E-state index is -0.818. The number of hydrogen-bond acceptors (Lipinski definition) is 6. The van der Waals surface area contributed by atoms with E-state index in [0.29, 0.717) is 29.6 Å². The average molecular weight is 606 g/mol. The van der Waals surface area contributed by atoms with Gasteiger partial charge in [0, 0.05) is 23.9 Å². The van der Waals surface area contributed by atoms with Gasteiger partial charge < -0.3 is 20.9 Å². The van der Waals surface area contributed by atoms with Crippen LogP contribution in [0.25, 0.3) is 0 Å². The Morgan fingerprint density at radius 2 is 1.80 bits per heavy atom. The highest BCUT2D eigenvalue weighted by atomic mass is 16.5. The second kappa shape index (κ2) is 12.8. The number of aliphatic hydroxyl groups is 1. The molecule has 1 aromatic carbocycles. The van der Waals surface area contributed by atoms with Crippen LogP contribution in [0.3, 0.4) is 0 Å². The van der Waals surface area contributed by atoms with Gasteiger partial charge in [-0.05, 0) is 132 Å². The molecule has 6 nitrogen and oxygen atoms in total. The Labute approximate surface area is 266 Å². The van der Waals surface area contributed by atoms with Gasteiger partial charge in [-0.1, -0.05) is 56.3 Å². The van der Waals surface area contributed by atoms with Crippen LogP contribution in [0.1, 0.15) is 103 Å². The molecule has 1 saturated heterocycles. The van der Waals surface area contributed by atoms with Crippen molar-refractivity contribution in [3.05, 3.63) is 48.0 Å². The van der Waals surface area contributed by atoms with Crippen LogP contribution in [0, 0.1) is 34.5 Å². The number of nitrogens with one attached hydrogen (secondary N) is 1. The quantitative estimate of drug-likeness (QED) is 0.229. The minimum absolute atomic E-state index is 0.181. The van der Waals surface area contributed by atoms with Crippen molar-refractivity contribution in [2.45, 2.75) is 122 Å². The van der Waals surface area contributed by atoms with Gasteiger partial charge in [-0.15, -0.1) is 0 Å². The Hall–Kier alpha value is -1.73. The molecule has 4 saturated carbocycles. The lowest BCUT2D eigenvalue weighted by atomic mass is 9.40. The molecule has 6 heteroatoms. The van der Waals surface area contributed by atoms with Gasteiger partial charge >= 0.3 is 5.97 Å². The van der Waals surface area contributed by atoms with Crippen molar-refractivity contribution < 1.29 is 14.6 Å². The van der Waals surface area contributed by atoms with Gasteiger partial charge in [-0.2, -0.15) is 0 Å². The molecule has 8 atom stereocenters. The molecule has 244 valence electrons. The van der Waals surface area contributed by atoms with Crippen molar-refractivity contribution in [1.82, 2.24) is 10.2 Å². The zero-order valence-corrected chi connectivity index (χ0v) is 27.7. The number of nitrogens with zero attached hydrogens (tertiary/aromatic N) is 1. The number of rotatable bonds is 9.